The van der Waals surface area contributed by atoms with Gasteiger partial charge in [-0.1, -0.05) is 6.07 Å². The second kappa shape index (κ2) is 7.78. The molecule has 1 rings (SSSR count). The van der Waals surface area contributed by atoms with E-state index in [4.69, 9.17) is 10.6 Å². The molecule has 0 amide bonds. The summed E-state index contributed by atoms with van der Waals surface area (Å²) in [6.07, 6.45) is 0. The summed E-state index contributed by atoms with van der Waals surface area (Å²) >= 11 is 0. The van der Waals surface area contributed by atoms with Gasteiger partial charge in [0.05, 0.1) is 11.5 Å². The van der Waals surface area contributed by atoms with E-state index < -0.39 is 4.92 Å². The van der Waals surface area contributed by atoms with Crippen LogP contribution >= 0.6 is 0 Å². The molecule has 0 aliphatic carbocycles. The van der Waals surface area contributed by atoms with Gasteiger partial charge < -0.3 is 10.2 Å². The monoisotopic (exact) mass is 282 g/mol. The van der Waals surface area contributed by atoms with Gasteiger partial charge in [0.15, 0.2) is 0 Å². The fourth-order valence-corrected chi connectivity index (χ4v) is 1.91. The Morgan fingerprint density at radius 2 is 2.20 bits per heavy atom. The SMILES string of the molecule is COCCN(Cc1ccc(NN)c([N+](=O)[O-])c1)C(C)C. The normalized spacial score (nSPS) is 11.1. The molecule has 0 radical (unpaired) electrons. The lowest BCUT2D eigenvalue weighted by Crippen LogP contribution is -2.33. The molecule has 0 saturated heterocycles. The second-order valence-corrected chi connectivity index (χ2v) is 4.81. The largest absolute Gasteiger partial charge is 0.383 e. The van der Waals surface area contributed by atoms with Crippen LogP contribution in [0.4, 0.5) is 11.4 Å². The number of hydrazine groups is 1. The maximum atomic E-state index is 11.0. The Kier molecular flexibility index (Phi) is 6.37. The average molecular weight is 282 g/mol. The lowest BCUT2D eigenvalue weighted by Gasteiger charge is -2.26. The van der Waals surface area contributed by atoms with Gasteiger partial charge in [-0.15, -0.1) is 0 Å². The van der Waals surface area contributed by atoms with Crippen LogP contribution in [0.1, 0.15) is 19.4 Å². The Morgan fingerprint density at radius 3 is 2.70 bits per heavy atom. The zero-order valence-corrected chi connectivity index (χ0v) is 12.1. The van der Waals surface area contributed by atoms with Crippen LogP contribution in [0.2, 0.25) is 0 Å². The van der Waals surface area contributed by atoms with Crippen molar-refractivity contribution in [2.24, 2.45) is 5.84 Å². The molecule has 0 unspecified atom stereocenters. The Morgan fingerprint density at radius 1 is 1.50 bits per heavy atom. The smallest absolute Gasteiger partial charge is 0.293 e. The van der Waals surface area contributed by atoms with E-state index in [1.54, 1.807) is 19.2 Å². The first-order chi connectivity index (χ1) is 9.49. The number of nitrogens with one attached hydrogen (secondary N) is 1. The van der Waals surface area contributed by atoms with Gasteiger partial charge in [-0.05, 0) is 25.5 Å². The molecule has 1 aromatic carbocycles. The van der Waals surface area contributed by atoms with Crippen molar-refractivity contribution in [3.8, 4) is 0 Å². The molecular weight excluding hydrogens is 260 g/mol. The highest BCUT2D eigenvalue weighted by Crippen LogP contribution is 2.25. The van der Waals surface area contributed by atoms with Gasteiger partial charge in [0.2, 0.25) is 0 Å². The molecule has 3 N–H and O–H groups in total. The van der Waals surface area contributed by atoms with Crippen LogP contribution < -0.4 is 11.3 Å². The number of nitrogen functional groups attached to an aromatic ring is 1. The first kappa shape index (κ1) is 16.4. The molecule has 0 aliphatic rings. The third-order valence-electron chi connectivity index (χ3n) is 3.11. The number of nitrogens with zero attached hydrogens (tertiary/aromatic N) is 2. The van der Waals surface area contributed by atoms with Crippen LogP contribution in [0.25, 0.3) is 0 Å². The predicted octanol–water partition coefficient (Wildman–Crippen LogP) is 1.74. The van der Waals surface area contributed by atoms with Crippen molar-refractivity contribution in [1.82, 2.24) is 4.90 Å². The molecule has 0 fully saturated rings. The lowest BCUT2D eigenvalue weighted by atomic mass is 10.1. The van der Waals surface area contributed by atoms with Crippen molar-refractivity contribution >= 4 is 11.4 Å². The molecule has 7 heteroatoms. The Labute approximate surface area is 118 Å². The maximum Gasteiger partial charge on any atom is 0.293 e. The molecule has 0 heterocycles. The fraction of sp³-hybridized carbons (Fsp3) is 0.538. The van der Waals surface area contributed by atoms with E-state index in [2.05, 4.69) is 24.2 Å². The Bertz CT molecular complexity index is 451. The molecule has 0 aliphatic heterocycles. The third-order valence-corrected chi connectivity index (χ3v) is 3.11. The first-order valence-electron chi connectivity index (χ1n) is 6.46. The number of anilines is 1. The standard InChI is InChI=1S/C13H22N4O3/c1-10(2)16(6-7-20-3)9-11-4-5-12(15-14)13(8-11)17(18)19/h4-5,8,10,15H,6-7,9,14H2,1-3H3. The number of hydrogen-bond acceptors (Lipinski definition) is 6. The van der Waals surface area contributed by atoms with Crippen molar-refractivity contribution in [2.45, 2.75) is 26.4 Å². The molecule has 0 saturated carbocycles. The van der Waals surface area contributed by atoms with Gasteiger partial charge >= 0.3 is 0 Å². The number of nitrogens with two attached hydrogens (primary N) is 1. The summed E-state index contributed by atoms with van der Waals surface area (Å²) in [7, 11) is 1.66. The van der Waals surface area contributed by atoms with Gasteiger partial charge in [-0.3, -0.25) is 20.9 Å². The third kappa shape index (κ3) is 4.44. The molecule has 112 valence electrons. The van der Waals surface area contributed by atoms with E-state index in [9.17, 15) is 10.1 Å². The molecule has 0 aromatic heterocycles. The Hall–Kier alpha value is -1.70. The highest BCUT2D eigenvalue weighted by molar-refractivity contribution is 5.61. The molecule has 0 bridgehead atoms. The van der Waals surface area contributed by atoms with Crippen molar-refractivity contribution < 1.29 is 9.66 Å². The number of nitro benzene ring substituents is 1. The quantitative estimate of drug-likeness (QED) is 0.428. The minimum absolute atomic E-state index is 0.0135. The van der Waals surface area contributed by atoms with Gasteiger partial charge in [0, 0.05) is 32.3 Å². The Balaban J connectivity index is 2.90. The number of hydrogen-bond donors (Lipinski definition) is 2. The van der Waals surface area contributed by atoms with E-state index in [-0.39, 0.29) is 5.69 Å². The summed E-state index contributed by atoms with van der Waals surface area (Å²) in [5, 5.41) is 11.0. The summed E-state index contributed by atoms with van der Waals surface area (Å²) < 4.78 is 5.08. The summed E-state index contributed by atoms with van der Waals surface area (Å²) in [6.45, 7) is 6.20. The molecule has 0 spiro atoms. The maximum absolute atomic E-state index is 11.0. The van der Waals surface area contributed by atoms with E-state index in [1.165, 1.54) is 0 Å². The number of benzene rings is 1. The number of ether oxygens (including phenoxy) is 1. The number of nitro groups is 1. The highest BCUT2D eigenvalue weighted by Gasteiger charge is 2.16. The van der Waals surface area contributed by atoms with Crippen LogP contribution in [-0.2, 0) is 11.3 Å². The number of methoxy groups -OCH3 is 1. The predicted molar refractivity (Wildman–Crippen MR) is 78.3 cm³/mol. The van der Waals surface area contributed by atoms with Crippen molar-refractivity contribution in [1.29, 1.82) is 0 Å². The van der Waals surface area contributed by atoms with Gasteiger partial charge in [0.25, 0.3) is 5.69 Å². The van der Waals surface area contributed by atoms with Crippen LogP contribution in [0, 0.1) is 10.1 Å². The zero-order valence-electron chi connectivity index (χ0n) is 12.1. The molecule has 0 atom stereocenters. The van der Waals surface area contributed by atoms with Crippen LogP contribution in [0.5, 0.6) is 0 Å². The molecular formula is C13H22N4O3. The minimum Gasteiger partial charge on any atom is -0.383 e. The summed E-state index contributed by atoms with van der Waals surface area (Å²) in [6, 6.07) is 5.35. The summed E-state index contributed by atoms with van der Waals surface area (Å²) in [4.78, 5) is 12.8. The van der Waals surface area contributed by atoms with Gasteiger partial charge in [0.1, 0.15) is 5.69 Å². The van der Waals surface area contributed by atoms with E-state index in [1.807, 2.05) is 6.07 Å². The second-order valence-electron chi connectivity index (χ2n) is 4.81. The van der Waals surface area contributed by atoms with Crippen molar-refractivity contribution in [3.05, 3.63) is 33.9 Å². The fourth-order valence-electron chi connectivity index (χ4n) is 1.91. The lowest BCUT2D eigenvalue weighted by molar-refractivity contribution is -0.384. The van der Waals surface area contributed by atoms with E-state index in [0.717, 1.165) is 12.1 Å². The van der Waals surface area contributed by atoms with Crippen LogP contribution in [-0.4, -0.2) is 36.1 Å². The average Bonchev–Trinajstić information content (AvgIpc) is 2.42. The molecule has 7 nitrogen and oxygen atoms in total. The minimum atomic E-state index is -0.437. The highest BCUT2D eigenvalue weighted by atomic mass is 16.6. The summed E-state index contributed by atoms with van der Waals surface area (Å²) in [5.74, 6) is 5.27. The van der Waals surface area contributed by atoms with Gasteiger partial charge in [-0.2, -0.15) is 0 Å². The van der Waals surface area contributed by atoms with Crippen LogP contribution in [0.3, 0.4) is 0 Å². The van der Waals surface area contributed by atoms with Crippen molar-refractivity contribution in [3.63, 3.8) is 0 Å². The van der Waals surface area contributed by atoms with E-state index in [0.29, 0.717) is 24.9 Å². The first-order valence-corrected chi connectivity index (χ1v) is 6.46. The molecule has 20 heavy (non-hydrogen) atoms. The zero-order chi connectivity index (χ0) is 15.1. The van der Waals surface area contributed by atoms with Gasteiger partial charge in [-0.25, -0.2) is 0 Å². The van der Waals surface area contributed by atoms with Crippen LogP contribution in [0.15, 0.2) is 18.2 Å². The number of rotatable bonds is 8. The summed E-state index contributed by atoms with van der Waals surface area (Å²) in [5.41, 5.74) is 3.51. The molecule has 1 aromatic rings. The topological polar surface area (TPSA) is 93.7 Å². The van der Waals surface area contributed by atoms with Crippen molar-refractivity contribution in [2.75, 3.05) is 25.7 Å². The van der Waals surface area contributed by atoms with E-state index >= 15 is 0 Å².